The lowest BCUT2D eigenvalue weighted by molar-refractivity contribution is -0.109. The van der Waals surface area contributed by atoms with E-state index in [9.17, 15) is 18.9 Å². The first kappa shape index (κ1) is 21.1. The third-order valence-electron chi connectivity index (χ3n) is 4.33. The van der Waals surface area contributed by atoms with Crippen LogP contribution in [0.2, 0.25) is 0 Å². The topological polar surface area (TPSA) is 111 Å². The molecule has 0 aromatic carbocycles. The Morgan fingerprint density at radius 1 is 1.46 bits per heavy atom. The Hall–Kier alpha value is -1.19. The zero-order valence-electron chi connectivity index (χ0n) is 15.3. The summed E-state index contributed by atoms with van der Waals surface area (Å²) in [6.07, 6.45) is 2.09. The van der Waals surface area contributed by atoms with Crippen molar-refractivity contribution in [2.24, 2.45) is 5.92 Å². The molecule has 1 N–H and O–H groups in total. The van der Waals surface area contributed by atoms with E-state index in [0.717, 1.165) is 11.8 Å². The number of thioether (sulfide) groups is 1. The van der Waals surface area contributed by atoms with Crippen molar-refractivity contribution in [2.75, 3.05) is 33.1 Å². The molecule has 0 radical (unpaired) electrons. The highest BCUT2D eigenvalue weighted by Gasteiger charge is 2.55. The van der Waals surface area contributed by atoms with Gasteiger partial charge in [-0.3, -0.25) is 28.2 Å². The van der Waals surface area contributed by atoms with Crippen molar-refractivity contribution in [2.45, 2.75) is 25.8 Å². The summed E-state index contributed by atoms with van der Waals surface area (Å²) in [6.45, 7) is 3.51. The number of aromatic amines is 1. The summed E-state index contributed by atoms with van der Waals surface area (Å²) in [5, 5.41) is -0.0441. The molecule has 1 aromatic heterocycles. The van der Waals surface area contributed by atoms with Gasteiger partial charge in [0, 0.05) is 24.9 Å². The molecular formula is C15H24N3O6PS. The number of rotatable bonds is 9. The molecule has 0 spiro atoms. The van der Waals surface area contributed by atoms with E-state index in [-0.39, 0.29) is 24.2 Å². The predicted octanol–water partition coefficient (Wildman–Crippen LogP) is 1.25. The van der Waals surface area contributed by atoms with Crippen LogP contribution in [0.4, 0.5) is 0 Å². The van der Waals surface area contributed by atoms with E-state index in [1.165, 1.54) is 28.4 Å². The van der Waals surface area contributed by atoms with Gasteiger partial charge in [-0.15, -0.1) is 0 Å². The van der Waals surface area contributed by atoms with Crippen molar-refractivity contribution >= 4 is 24.6 Å². The minimum Gasteiger partial charge on any atom is -0.296 e. The van der Waals surface area contributed by atoms with Gasteiger partial charge in [-0.25, -0.2) is 14.0 Å². The fourth-order valence-corrected chi connectivity index (χ4v) is 4.47. The maximum atomic E-state index is 13.0. The molecule has 1 fully saturated rings. The first-order valence-corrected chi connectivity index (χ1v) is 10.6. The van der Waals surface area contributed by atoms with Crippen LogP contribution < -0.4 is 11.2 Å². The number of H-pyrrole nitrogens is 1. The fourth-order valence-electron chi connectivity index (χ4n) is 2.65. The highest BCUT2D eigenvalue weighted by atomic mass is 32.2. The van der Waals surface area contributed by atoms with E-state index in [4.69, 9.17) is 9.05 Å². The Bertz CT molecular complexity index is 822. The van der Waals surface area contributed by atoms with E-state index in [1.54, 1.807) is 14.1 Å². The van der Waals surface area contributed by atoms with Gasteiger partial charge in [0.2, 0.25) is 0 Å². The third-order valence-corrected chi connectivity index (χ3v) is 7.05. The molecule has 1 aromatic rings. The van der Waals surface area contributed by atoms with Crippen LogP contribution in [0.3, 0.4) is 0 Å². The van der Waals surface area contributed by atoms with Gasteiger partial charge in [0.1, 0.15) is 0 Å². The number of hydrogen-bond donors (Lipinski definition) is 1. The number of nitrogens with one attached hydrogen (secondary N) is 1. The lowest BCUT2D eigenvalue weighted by Crippen LogP contribution is -2.39. The average molecular weight is 405 g/mol. The molecule has 1 heterocycles. The lowest BCUT2D eigenvalue weighted by atomic mass is 10.2. The van der Waals surface area contributed by atoms with Gasteiger partial charge in [0.05, 0.1) is 18.8 Å². The van der Waals surface area contributed by atoms with Crippen molar-refractivity contribution in [3.8, 4) is 0 Å². The van der Waals surface area contributed by atoms with E-state index in [2.05, 4.69) is 4.98 Å². The molecule has 26 heavy (non-hydrogen) atoms. The summed E-state index contributed by atoms with van der Waals surface area (Å²) in [7, 11) is -0.403. The number of carbonyl (C=O) groups excluding carboxylic acids is 1. The summed E-state index contributed by atoms with van der Waals surface area (Å²) in [5.74, 6) is 0.493. The number of nitrogens with zero attached hydrogens (tertiary/aromatic N) is 2. The van der Waals surface area contributed by atoms with E-state index >= 15 is 0 Å². The number of hydrogen-bond acceptors (Lipinski definition) is 7. The van der Waals surface area contributed by atoms with Crippen LogP contribution in [0, 0.1) is 5.92 Å². The molecule has 1 aliphatic rings. The Labute approximate surface area is 155 Å². The standard InChI is InChI=1S/C15H24N3O6PS/c1-11-9-15(11,18-6-5-13(20)16-14(18)21)10-24-25(22,17(3)4)23-7-8-26-12(2)19/h5-6,11H,7-10H2,1-4H3,(H,16,20,21). The zero-order chi connectivity index (χ0) is 19.5. The summed E-state index contributed by atoms with van der Waals surface area (Å²) >= 11 is 1.08. The quantitative estimate of drug-likeness (QED) is 0.483. The second-order valence-corrected chi connectivity index (χ2v) is 9.98. The minimum atomic E-state index is -3.56. The van der Waals surface area contributed by atoms with E-state index in [1.807, 2.05) is 6.92 Å². The van der Waals surface area contributed by atoms with Gasteiger partial charge < -0.3 is 0 Å². The number of aromatic nitrogens is 2. The van der Waals surface area contributed by atoms with E-state index < -0.39 is 24.5 Å². The van der Waals surface area contributed by atoms with Crippen LogP contribution in [-0.4, -0.2) is 52.4 Å². The molecule has 11 heteroatoms. The van der Waals surface area contributed by atoms with Crippen molar-refractivity contribution < 1.29 is 18.4 Å². The van der Waals surface area contributed by atoms with Crippen molar-refractivity contribution in [3.05, 3.63) is 33.1 Å². The van der Waals surface area contributed by atoms with Crippen LogP contribution in [0.5, 0.6) is 0 Å². The molecule has 3 unspecified atom stereocenters. The van der Waals surface area contributed by atoms with Crippen LogP contribution in [0.1, 0.15) is 20.3 Å². The minimum absolute atomic E-state index is 0.00935. The van der Waals surface area contributed by atoms with Gasteiger partial charge in [-0.2, -0.15) is 0 Å². The second-order valence-electron chi connectivity index (χ2n) is 6.45. The van der Waals surface area contributed by atoms with Gasteiger partial charge in [0.25, 0.3) is 5.56 Å². The SMILES string of the molecule is CC(=O)SCCOP(=O)(OCC1(n2ccc(=O)[nH]c2=O)CC1C)N(C)C. The van der Waals surface area contributed by atoms with Crippen LogP contribution >= 0.6 is 19.5 Å². The molecule has 1 saturated carbocycles. The highest BCUT2D eigenvalue weighted by Crippen LogP contribution is 2.56. The highest BCUT2D eigenvalue weighted by molar-refractivity contribution is 8.13. The van der Waals surface area contributed by atoms with Crippen molar-refractivity contribution in [3.63, 3.8) is 0 Å². The molecule has 0 amide bonds. The Balaban J connectivity index is 2.09. The third kappa shape index (κ3) is 4.75. The van der Waals surface area contributed by atoms with Gasteiger partial charge in [0.15, 0.2) is 5.12 Å². The molecule has 3 atom stereocenters. The maximum Gasteiger partial charge on any atom is 0.407 e. The summed E-state index contributed by atoms with van der Waals surface area (Å²) in [4.78, 5) is 36.6. The molecular weight excluding hydrogens is 381 g/mol. The van der Waals surface area contributed by atoms with E-state index in [0.29, 0.717) is 12.2 Å². The Morgan fingerprint density at radius 3 is 2.62 bits per heavy atom. The molecule has 146 valence electrons. The molecule has 0 bridgehead atoms. The lowest BCUT2D eigenvalue weighted by Gasteiger charge is -2.27. The molecule has 0 saturated heterocycles. The molecule has 0 aliphatic heterocycles. The maximum absolute atomic E-state index is 13.0. The smallest absolute Gasteiger partial charge is 0.296 e. The first-order chi connectivity index (χ1) is 12.1. The molecule has 1 aliphatic carbocycles. The largest absolute Gasteiger partial charge is 0.407 e. The van der Waals surface area contributed by atoms with Crippen LogP contribution in [0.15, 0.2) is 21.9 Å². The molecule has 2 rings (SSSR count). The summed E-state index contributed by atoms with van der Waals surface area (Å²) in [6, 6.07) is 1.27. The zero-order valence-corrected chi connectivity index (χ0v) is 17.0. The monoisotopic (exact) mass is 405 g/mol. The van der Waals surface area contributed by atoms with Crippen LogP contribution in [0.25, 0.3) is 0 Å². The average Bonchev–Trinajstić information content (AvgIpc) is 3.20. The van der Waals surface area contributed by atoms with Crippen molar-refractivity contribution in [1.29, 1.82) is 0 Å². The second kappa shape index (κ2) is 8.22. The fraction of sp³-hybridized carbons (Fsp3) is 0.667. The predicted molar refractivity (Wildman–Crippen MR) is 99.4 cm³/mol. The first-order valence-electron chi connectivity index (χ1n) is 8.13. The molecule has 9 nitrogen and oxygen atoms in total. The summed E-state index contributed by atoms with van der Waals surface area (Å²) < 4.78 is 26.8. The Morgan fingerprint density at radius 2 is 2.12 bits per heavy atom. The normalized spacial score (nSPS) is 24.4. The summed E-state index contributed by atoms with van der Waals surface area (Å²) in [5.41, 5.74) is -1.66. The van der Waals surface area contributed by atoms with Gasteiger partial charge >= 0.3 is 13.4 Å². The number of carbonyl (C=O) groups is 1. The van der Waals surface area contributed by atoms with Gasteiger partial charge in [-0.1, -0.05) is 18.7 Å². The van der Waals surface area contributed by atoms with Crippen molar-refractivity contribution in [1.82, 2.24) is 14.2 Å². The van der Waals surface area contributed by atoms with Gasteiger partial charge in [-0.05, 0) is 26.4 Å². The Kier molecular flexibility index (Phi) is 6.68. The van der Waals surface area contributed by atoms with Crippen LogP contribution in [-0.2, 0) is 23.9 Å².